The zero-order valence-electron chi connectivity index (χ0n) is 17.6. The van der Waals surface area contributed by atoms with E-state index in [0.717, 1.165) is 41.1 Å². The highest BCUT2D eigenvalue weighted by molar-refractivity contribution is 9.11. The molecule has 0 N–H and O–H groups in total. The molecule has 2 saturated heterocycles. The van der Waals surface area contributed by atoms with Crippen molar-refractivity contribution in [1.82, 2.24) is 4.90 Å². The summed E-state index contributed by atoms with van der Waals surface area (Å²) in [6, 6.07) is 6.47. The lowest BCUT2D eigenvalue weighted by Gasteiger charge is -2.39. The third-order valence-corrected chi connectivity index (χ3v) is 7.78. The molecule has 1 saturated carbocycles. The molecule has 0 aromatic heterocycles. The third kappa shape index (κ3) is 4.25. The molecule has 1 aromatic carbocycles. The Balaban J connectivity index is 1.33. The summed E-state index contributed by atoms with van der Waals surface area (Å²) in [5.41, 5.74) is 5.37. The molecule has 0 amide bonds. The van der Waals surface area contributed by atoms with Crippen molar-refractivity contribution >= 4 is 27.3 Å². The molecule has 3 heterocycles. The van der Waals surface area contributed by atoms with Crippen molar-refractivity contribution in [2.45, 2.75) is 51.4 Å². The highest BCUT2D eigenvalue weighted by atomic mass is 79.9. The maximum absolute atomic E-state index is 13.6. The summed E-state index contributed by atoms with van der Waals surface area (Å²) in [4.78, 5) is 6.94. The van der Waals surface area contributed by atoms with Crippen molar-refractivity contribution in [3.63, 3.8) is 0 Å². The summed E-state index contributed by atoms with van der Waals surface area (Å²) in [5.74, 6) is -2.52. The van der Waals surface area contributed by atoms with Crippen molar-refractivity contribution in [2.24, 2.45) is 5.41 Å². The van der Waals surface area contributed by atoms with Crippen LogP contribution in [0.3, 0.4) is 0 Å². The van der Waals surface area contributed by atoms with E-state index in [4.69, 9.17) is 0 Å². The van der Waals surface area contributed by atoms with Gasteiger partial charge in [-0.25, -0.2) is 8.78 Å². The van der Waals surface area contributed by atoms with Crippen LogP contribution >= 0.6 is 15.9 Å². The SMILES string of the molecule is Cc1cc(N2C=C(Br)C=C(N3CCC4(CC3)CC4)C2)cc(N2CCC(F)(F)CC2)c1. The van der Waals surface area contributed by atoms with Gasteiger partial charge in [-0.05, 0) is 83.8 Å². The molecule has 1 aliphatic carbocycles. The van der Waals surface area contributed by atoms with E-state index in [1.165, 1.54) is 31.4 Å². The summed E-state index contributed by atoms with van der Waals surface area (Å²) in [6.45, 7) is 6.07. The summed E-state index contributed by atoms with van der Waals surface area (Å²) in [7, 11) is 0. The molecule has 30 heavy (non-hydrogen) atoms. The lowest BCUT2D eigenvalue weighted by atomic mass is 9.93. The van der Waals surface area contributed by atoms with Crippen LogP contribution in [0.25, 0.3) is 0 Å². The molecule has 0 radical (unpaired) electrons. The number of anilines is 2. The topological polar surface area (TPSA) is 9.72 Å². The van der Waals surface area contributed by atoms with Crippen molar-refractivity contribution in [3.8, 4) is 0 Å². The van der Waals surface area contributed by atoms with Crippen molar-refractivity contribution in [2.75, 3.05) is 42.5 Å². The Hall–Kier alpha value is -1.56. The minimum atomic E-state index is -2.52. The monoisotopic (exact) mass is 477 g/mol. The Morgan fingerprint density at radius 3 is 2.13 bits per heavy atom. The smallest absolute Gasteiger partial charge is 0.251 e. The highest BCUT2D eigenvalue weighted by Gasteiger charge is 2.44. The first kappa shape index (κ1) is 20.3. The van der Waals surface area contributed by atoms with Crippen LogP contribution in [-0.4, -0.2) is 43.5 Å². The van der Waals surface area contributed by atoms with E-state index in [1.807, 2.05) is 0 Å². The first-order chi connectivity index (χ1) is 14.3. The highest BCUT2D eigenvalue weighted by Crippen LogP contribution is 2.54. The predicted octanol–water partition coefficient (Wildman–Crippen LogP) is 6.05. The molecule has 3 fully saturated rings. The Morgan fingerprint density at radius 2 is 1.47 bits per heavy atom. The largest absolute Gasteiger partial charge is 0.373 e. The number of hydrogen-bond acceptors (Lipinski definition) is 3. The lowest BCUT2D eigenvalue weighted by molar-refractivity contribution is -0.0220. The van der Waals surface area contributed by atoms with Gasteiger partial charge < -0.3 is 14.7 Å². The van der Waals surface area contributed by atoms with Gasteiger partial charge >= 0.3 is 0 Å². The number of likely N-dealkylation sites (tertiary alicyclic amines) is 1. The number of allylic oxidation sites excluding steroid dienone is 2. The third-order valence-electron chi connectivity index (χ3n) is 7.34. The molecule has 3 aliphatic heterocycles. The number of hydrogen-bond donors (Lipinski definition) is 0. The van der Waals surface area contributed by atoms with Gasteiger partial charge in [-0.2, -0.15) is 0 Å². The van der Waals surface area contributed by atoms with Gasteiger partial charge in [-0.1, -0.05) is 0 Å². The second-order valence-corrected chi connectivity index (χ2v) is 10.6. The van der Waals surface area contributed by atoms with Crippen LogP contribution in [0.4, 0.5) is 20.2 Å². The van der Waals surface area contributed by atoms with E-state index < -0.39 is 5.92 Å². The molecule has 4 aliphatic rings. The molecule has 5 rings (SSSR count). The number of alkyl halides is 2. The molecule has 6 heteroatoms. The Labute approximate surface area is 186 Å². The zero-order valence-corrected chi connectivity index (χ0v) is 19.2. The molecule has 0 bridgehead atoms. The van der Waals surface area contributed by atoms with E-state index >= 15 is 0 Å². The summed E-state index contributed by atoms with van der Waals surface area (Å²) in [5, 5.41) is 0. The fraction of sp³-hybridized carbons (Fsp3) is 0.583. The van der Waals surface area contributed by atoms with Crippen molar-refractivity contribution in [3.05, 3.63) is 46.2 Å². The fourth-order valence-electron chi connectivity index (χ4n) is 5.10. The van der Waals surface area contributed by atoms with Gasteiger partial charge in [-0.15, -0.1) is 0 Å². The number of halogens is 3. The number of benzene rings is 1. The molecular weight excluding hydrogens is 448 g/mol. The summed E-state index contributed by atoms with van der Waals surface area (Å²) >= 11 is 3.72. The van der Waals surface area contributed by atoms with Gasteiger partial charge in [0.1, 0.15) is 0 Å². The maximum Gasteiger partial charge on any atom is 0.251 e. The molecule has 3 nitrogen and oxygen atoms in total. The van der Waals surface area contributed by atoms with E-state index in [2.05, 4.69) is 68.0 Å². The average Bonchev–Trinajstić information content (AvgIpc) is 3.46. The molecule has 1 aromatic rings. The van der Waals surface area contributed by atoms with Crippen LogP contribution in [0.2, 0.25) is 0 Å². The maximum atomic E-state index is 13.6. The predicted molar refractivity (Wildman–Crippen MR) is 122 cm³/mol. The Bertz CT molecular complexity index is 870. The van der Waals surface area contributed by atoms with Crippen LogP contribution in [0.1, 0.15) is 44.1 Å². The van der Waals surface area contributed by atoms with Crippen LogP contribution in [-0.2, 0) is 0 Å². The molecule has 0 atom stereocenters. The molecule has 0 unspecified atom stereocenters. The number of aryl methyl sites for hydroxylation is 1. The quantitative estimate of drug-likeness (QED) is 0.524. The van der Waals surface area contributed by atoms with Crippen LogP contribution in [0.15, 0.2) is 40.7 Å². The first-order valence-electron chi connectivity index (χ1n) is 11.2. The van der Waals surface area contributed by atoms with Crippen molar-refractivity contribution in [1.29, 1.82) is 0 Å². The van der Waals surface area contributed by atoms with E-state index in [1.54, 1.807) is 0 Å². The van der Waals surface area contributed by atoms with Gasteiger partial charge in [0.05, 0.1) is 6.54 Å². The normalized spacial score (nSPS) is 25.3. The zero-order chi connectivity index (χ0) is 20.9. The van der Waals surface area contributed by atoms with E-state index in [-0.39, 0.29) is 12.8 Å². The second-order valence-electron chi connectivity index (χ2n) is 9.63. The van der Waals surface area contributed by atoms with Crippen LogP contribution in [0, 0.1) is 12.3 Å². The van der Waals surface area contributed by atoms with E-state index in [0.29, 0.717) is 18.5 Å². The molecule has 1 spiro atoms. The van der Waals surface area contributed by atoms with Gasteiger partial charge in [-0.3, -0.25) is 0 Å². The van der Waals surface area contributed by atoms with Crippen LogP contribution < -0.4 is 9.80 Å². The molecular formula is C24H30BrF2N3. The average molecular weight is 478 g/mol. The minimum absolute atomic E-state index is 0.0607. The van der Waals surface area contributed by atoms with Gasteiger partial charge in [0.25, 0.3) is 5.92 Å². The molecule has 162 valence electrons. The van der Waals surface area contributed by atoms with E-state index in [9.17, 15) is 8.78 Å². The Morgan fingerprint density at radius 1 is 0.833 bits per heavy atom. The number of piperidine rings is 2. The standard InChI is InChI=1S/C24H30BrF2N3/c1-18-12-20(28-10-6-24(26,27)7-11-28)15-21(13-18)30-16-19(25)14-22(17-30)29-8-4-23(2-3-23)5-9-29/h12-16H,2-11,17H2,1H3. The summed E-state index contributed by atoms with van der Waals surface area (Å²) in [6.07, 6.45) is 9.75. The van der Waals surface area contributed by atoms with Crippen molar-refractivity contribution < 1.29 is 8.78 Å². The first-order valence-corrected chi connectivity index (χ1v) is 11.9. The fourth-order valence-corrected chi connectivity index (χ4v) is 5.61. The summed E-state index contributed by atoms with van der Waals surface area (Å²) < 4.78 is 28.3. The Kier molecular flexibility index (Phi) is 5.11. The van der Waals surface area contributed by atoms with Gasteiger partial charge in [0, 0.05) is 66.8 Å². The number of rotatable bonds is 3. The second kappa shape index (κ2) is 7.54. The van der Waals surface area contributed by atoms with Gasteiger partial charge in [0.2, 0.25) is 0 Å². The lowest BCUT2D eigenvalue weighted by Crippen LogP contribution is -2.40. The number of nitrogens with zero attached hydrogens (tertiary/aromatic N) is 3. The van der Waals surface area contributed by atoms with Gasteiger partial charge in [0.15, 0.2) is 0 Å². The minimum Gasteiger partial charge on any atom is -0.373 e. The van der Waals surface area contributed by atoms with Crippen LogP contribution in [0.5, 0.6) is 0 Å².